The lowest BCUT2D eigenvalue weighted by molar-refractivity contribution is 0.983. The molecule has 0 saturated carbocycles. The van der Waals surface area contributed by atoms with Crippen molar-refractivity contribution in [3.63, 3.8) is 0 Å². The molecule has 7 rings (SSSR count). The van der Waals surface area contributed by atoms with Crippen LogP contribution in [-0.2, 0) is 6.42 Å². The monoisotopic (exact) mass is 502 g/mol. The van der Waals surface area contributed by atoms with E-state index in [0.29, 0.717) is 0 Å². The fraction of sp³-hybridized carbons (Fsp3) is 0.179. The van der Waals surface area contributed by atoms with E-state index in [2.05, 4.69) is 132 Å². The standard InChI is InChI=1S/C39H34/c1-23-18-29-11-8-15-33(36(29)19-23)39-31-13-7-6-10-28(31)16-17-34(39)37-27(5)21-30-12-9-14-32(38(30)37)35-22-25(3)24(2)20-26(35)4/h6-17,19-22,37H,18H2,1-5H3. The molecule has 0 radical (unpaired) electrons. The van der Waals surface area contributed by atoms with Crippen molar-refractivity contribution in [1.82, 2.24) is 0 Å². The van der Waals surface area contributed by atoms with E-state index < -0.39 is 0 Å². The van der Waals surface area contributed by atoms with Crippen LogP contribution in [0, 0.1) is 20.8 Å². The number of fused-ring (bicyclic) bond motifs is 3. The molecule has 1 atom stereocenters. The van der Waals surface area contributed by atoms with Crippen LogP contribution in [-0.4, -0.2) is 0 Å². The van der Waals surface area contributed by atoms with E-state index in [-0.39, 0.29) is 5.92 Å². The Bertz CT molecular complexity index is 1880. The molecule has 2 aliphatic carbocycles. The first-order chi connectivity index (χ1) is 18.9. The first-order valence-corrected chi connectivity index (χ1v) is 14.1. The van der Waals surface area contributed by atoms with Crippen LogP contribution >= 0.6 is 0 Å². The highest BCUT2D eigenvalue weighted by molar-refractivity contribution is 6.02. The highest BCUT2D eigenvalue weighted by Crippen LogP contribution is 2.50. The van der Waals surface area contributed by atoms with Gasteiger partial charge in [-0.2, -0.15) is 0 Å². The van der Waals surface area contributed by atoms with Gasteiger partial charge in [0.1, 0.15) is 0 Å². The second-order valence-corrected chi connectivity index (χ2v) is 11.7. The molecular weight excluding hydrogens is 468 g/mol. The molecule has 1 unspecified atom stereocenters. The highest BCUT2D eigenvalue weighted by atomic mass is 14.3. The van der Waals surface area contributed by atoms with Crippen molar-refractivity contribution in [1.29, 1.82) is 0 Å². The summed E-state index contributed by atoms with van der Waals surface area (Å²) >= 11 is 0. The Labute approximate surface area is 232 Å². The quantitative estimate of drug-likeness (QED) is 0.230. The minimum absolute atomic E-state index is 0.208. The van der Waals surface area contributed by atoms with E-state index in [1.54, 1.807) is 0 Å². The van der Waals surface area contributed by atoms with Gasteiger partial charge in [-0.15, -0.1) is 0 Å². The van der Waals surface area contributed by atoms with E-state index >= 15 is 0 Å². The van der Waals surface area contributed by atoms with Gasteiger partial charge in [-0.25, -0.2) is 0 Å². The molecule has 0 N–H and O–H groups in total. The molecular formula is C39H34. The summed E-state index contributed by atoms with van der Waals surface area (Å²) in [5.41, 5.74) is 19.4. The molecule has 0 heterocycles. The maximum atomic E-state index is 2.42. The Kier molecular flexibility index (Phi) is 5.49. The molecule has 0 bridgehead atoms. The van der Waals surface area contributed by atoms with Crippen LogP contribution in [0.4, 0.5) is 0 Å². The van der Waals surface area contributed by atoms with Gasteiger partial charge in [0.25, 0.3) is 0 Å². The third-order valence-electron chi connectivity index (χ3n) is 9.00. The van der Waals surface area contributed by atoms with Crippen LogP contribution < -0.4 is 0 Å². The van der Waals surface area contributed by atoms with E-state index in [9.17, 15) is 0 Å². The topological polar surface area (TPSA) is 0 Å². The summed E-state index contributed by atoms with van der Waals surface area (Å²) in [5.74, 6) is 0.208. The first kappa shape index (κ1) is 23.9. The zero-order valence-corrected chi connectivity index (χ0v) is 23.5. The lowest BCUT2D eigenvalue weighted by Gasteiger charge is -2.25. The summed E-state index contributed by atoms with van der Waals surface area (Å²) in [7, 11) is 0. The molecule has 0 saturated heterocycles. The van der Waals surface area contributed by atoms with Crippen molar-refractivity contribution in [3.05, 3.63) is 141 Å². The second-order valence-electron chi connectivity index (χ2n) is 11.7. The summed E-state index contributed by atoms with van der Waals surface area (Å²) in [4.78, 5) is 0. The number of benzene rings is 5. The molecule has 0 amide bonds. The molecule has 0 nitrogen and oxygen atoms in total. The molecule has 0 fully saturated rings. The molecule has 0 spiro atoms. The lowest BCUT2D eigenvalue weighted by Crippen LogP contribution is -2.06. The van der Waals surface area contributed by atoms with E-state index in [1.807, 2.05) is 0 Å². The Hall–Kier alpha value is -4.16. The Balaban J connectivity index is 1.53. The molecule has 0 aliphatic heterocycles. The number of rotatable bonds is 3. The third kappa shape index (κ3) is 3.73. The van der Waals surface area contributed by atoms with E-state index in [0.717, 1.165) is 6.42 Å². The smallest absolute Gasteiger partial charge is 0.0318 e. The predicted octanol–water partition coefficient (Wildman–Crippen LogP) is 10.6. The molecule has 0 aromatic heterocycles. The molecule has 2 aliphatic rings. The predicted molar refractivity (Wildman–Crippen MR) is 168 cm³/mol. The van der Waals surface area contributed by atoms with Crippen LogP contribution in [0.25, 0.3) is 45.2 Å². The van der Waals surface area contributed by atoms with Crippen molar-refractivity contribution in [2.24, 2.45) is 0 Å². The largest absolute Gasteiger partial charge is 0.0683 e. The average Bonchev–Trinajstić information content (AvgIpc) is 3.48. The highest BCUT2D eigenvalue weighted by Gasteiger charge is 2.31. The maximum absolute atomic E-state index is 2.42. The van der Waals surface area contributed by atoms with Gasteiger partial charge in [0.2, 0.25) is 0 Å². The van der Waals surface area contributed by atoms with Gasteiger partial charge in [0.15, 0.2) is 0 Å². The van der Waals surface area contributed by atoms with Crippen LogP contribution in [0.5, 0.6) is 0 Å². The van der Waals surface area contributed by atoms with Crippen molar-refractivity contribution in [2.75, 3.05) is 0 Å². The molecule has 190 valence electrons. The molecule has 5 aromatic rings. The van der Waals surface area contributed by atoms with Gasteiger partial charge in [0, 0.05) is 5.92 Å². The zero-order valence-electron chi connectivity index (χ0n) is 23.5. The Morgan fingerprint density at radius 1 is 0.615 bits per heavy atom. The SMILES string of the molecule is CC1=Cc2c(cccc2-c2c(C3C(C)=Cc4cccc(-c5cc(C)c(C)cc5C)c43)ccc3ccccc23)C1. The minimum Gasteiger partial charge on any atom is -0.0683 e. The molecule has 5 aromatic carbocycles. The van der Waals surface area contributed by atoms with E-state index in [1.165, 1.54) is 88.7 Å². The number of allylic oxidation sites excluding steroid dienone is 2. The van der Waals surface area contributed by atoms with Crippen LogP contribution in [0.15, 0.2) is 96.1 Å². The number of aryl methyl sites for hydroxylation is 3. The van der Waals surface area contributed by atoms with E-state index in [4.69, 9.17) is 0 Å². The lowest BCUT2D eigenvalue weighted by atomic mass is 9.78. The fourth-order valence-electron chi connectivity index (χ4n) is 7.06. The third-order valence-corrected chi connectivity index (χ3v) is 9.00. The van der Waals surface area contributed by atoms with Crippen molar-refractivity contribution in [2.45, 2.75) is 47.0 Å². The normalized spacial score (nSPS) is 15.8. The first-order valence-electron chi connectivity index (χ1n) is 14.1. The van der Waals surface area contributed by atoms with Crippen LogP contribution in [0.1, 0.15) is 64.3 Å². The van der Waals surface area contributed by atoms with Gasteiger partial charge in [0.05, 0.1) is 0 Å². The second kappa shape index (κ2) is 8.95. The summed E-state index contributed by atoms with van der Waals surface area (Å²) in [5, 5.41) is 2.63. The van der Waals surface area contributed by atoms with Gasteiger partial charge in [-0.1, -0.05) is 108 Å². The molecule has 39 heavy (non-hydrogen) atoms. The van der Waals surface area contributed by atoms with Crippen LogP contribution in [0.3, 0.4) is 0 Å². The summed E-state index contributed by atoms with van der Waals surface area (Å²) in [6.45, 7) is 11.3. The van der Waals surface area contributed by atoms with Gasteiger partial charge >= 0.3 is 0 Å². The van der Waals surface area contributed by atoms with Crippen LogP contribution in [0.2, 0.25) is 0 Å². The average molecular weight is 503 g/mol. The minimum atomic E-state index is 0.208. The summed E-state index contributed by atoms with van der Waals surface area (Å²) in [6, 6.07) is 32.1. The molecule has 0 heteroatoms. The Morgan fingerprint density at radius 3 is 2.26 bits per heavy atom. The van der Waals surface area contributed by atoms with Crippen molar-refractivity contribution in [3.8, 4) is 22.3 Å². The van der Waals surface area contributed by atoms with Gasteiger partial charge < -0.3 is 0 Å². The van der Waals surface area contributed by atoms with Crippen molar-refractivity contribution < 1.29 is 0 Å². The fourth-order valence-corrected chi connectivity index (χ4v) is 7.06. The maximum Gasteiger partial charge on any atom is 0.0318 e. The van der Waals surface area contributed by atoms with Crippen molar-refractivity contribution >= 4 is 22.9 Å². The number of hydrogen-bond acceptors (Lipinski definition) is 0. The Morgan fingerprint density at radius 2 is 1.38 bits per heavy atom. The zero-order chi connectivity index (χ0) is 26.8. The van der Waals surface area contributed by atoms with Gasteiger partial charge in [-0.3, -0.25) is 0 Å². The summed E-state index contributed by atoms with van der Waals surface area (Å²) in [6.07, 6.45) is 5.87. The number of hydrogen-bond donors (Lipinski definition) is 0. The summed E-state index contributed by atoms with van der Waals surface area (Å²) < 4.78 is 0. The van der Waals surface area contributed by atoms with Gasteiger partial charge in [-0.05, 0) is 119 Å².